The van der Waals surface area contributed by atoms with E-state index < -0.39 is 18.3 Å². The molecule has 2 aromatic rings. The van der Waals surface area contributed by atoms with E-state index in [-0.39, 0.29) is 0 Å². The molecule has 0 amide bonds. The van der Waals surface area contributed by atoms with Crippen molar-refractivity contribution in [2.75, 3.05) is 21.3 Å². The molecule has 1 atom stereocenters. The molecule has 0 heterocycles. The average Bonchev–Trinajstić information content (AvgIpc) is 2.68. The zero-order chi connectivity index (χ0) is 18.9. The van der Waals surface area contributed by atoms with E-state index in [4.69, 9.17) is 18.9 Å². The number of benzene rings is 2. The molecule has 0 bridgehead atoms. The highest BCUT2D eigenvalue weighted by Crippen LogP contribution is 2.22. The zero-order valence-corrected chi connectivity index (χ0v) is 15.3. The van der Waals surface area contributed by atoms with E-state index in [2.05, 4.69) is 4.99 Å². The lowest BCUT2D eigenvalue weighted by Crippen LogP contribution is -2.37. The van der Waals surface area contributed by atoms with Gasteiger partial charge in [0, 0.05) is 19.9 Å². The third kappa shape index (κ3) is 5.15. The van der Waals surface area contributed by atoms with E-state index >= 15 is 0 Å². The third-order valence-corrected chi connectivity index (χ3v) is 3.73. The van der Waals surface area contributed by atoms with Crippen molar-refractivity contribution in [3.05, 3.63) is 60.2 Å². The van der Waals surface area contributed by atoms with Gasteiger partial charge < -0.3 is 18.9 Å². The van der Waals surface area contributed by atoms with Gasteiger partial charge in [0.1, 0.15) is 11.5 Å². The molecule has 6 heteroatoms. The van der Waals surface area contributed by atoms with Crippen LogP contribution in [0.2, 0.25) is 0 Å². The number of para-hydroxylation sites is 1. The molecule has 2 aromatic carbocycles. The Balaban J connectivity index is 2.26. The van der Waals surface area contributed by atoms with Gasteiger partial charge in [-0.05, 0) is 36.8 Å². The Morgan fingerprint density at radius 3 is 2.19 bits per heavy atom. The number of carbonyl (C=O) groups excluding carboxylic acids is 1. The molecular formula is C20H23NO5. The van der Waals surface area contributed by atoms with Crippen LogP contribution in [-0.4, -0.2) is 45.3 Å². The minimum atomic E-state index is -0.923. The van der Waals surface area contributed by atoms with Crippen LogP contribution in [0.25, 0.3) is 0 Å². The van der Waals surface area contributed by atoms with E-state index in [9.17, 15) is 4.79 Å². The molecule has 138 valence electrons. The summed E-state index contributed by atoms with van der Waals surface area (Å²) in [5.74, 6) is 0.883. The molecule has 0 N–H and O–H groups in total. The molecule has 0 fully saturated rings. The molecule has 2 rings (SSSR count). The van der Waals surface area contributed by atoms with E-state index in [1.54, 1.807) is 6.92 Å². The summed E-state index contributed by atoms with van der Waals surface area (Å²) in [4.78, 5) is 16.5. The van der Waals surface area contributed by atoms with E-state index in [1.165, 1.54) is 21.3 Å². The van der Waals surface area contributed by atoms with Gasteiger partial charge in [-0.3, -0.25) is 4.99 Å². The molecule has 6 nitrogen and oxygen atoms in total. The number of carbonyl (C=O) groups is 1. The van der Waals surface area contributed by atoms with Crippen LogP contribution in [0.15, 0.2) is 59.6 Å². The first-order chi connectivity index (χ1) is 12.6. The molecule has 0 aromatic heterocycles. The number of rotatable bonds is 8. The van der Waals surface area contributed by atoms with Gasteiger partial charge in [-0.2, -0.15) is 0 Å². The predicted molar refractivity (Wildman–Crippen MR) is 98.8 cm³/mol. The normalized spacial score (nSPS) is 12.7. The van der Waals surface area contributed by atoms with Crippen molar-refractivity contribution in [2.24, 2.45) is 4.99 Å². The Morgan fingerprint density at radius 1 is 0.923 bits per heavy atom. The number of hydrogen-bond donors (Lipinski definition) is 0. The minimum Gasteiger partial charge on any atom is -0.467 e. The van der Waals surface area contributed by atoms with Crippen LogP contribution in [0.4, 0.5) is 0 Å². The van der Waals surface area contributed by atoms with Gasteiger partial charge in [-0.25, -0.2) is 4.79 Å². The highest BCUT2D eigenvalue weighted by atomic mass is 16.7. The van der Waals surface area contributed by atoms with Crippen molar-refractivity contribution in [1.29, 1.82) is 0 Å². The Morgan fingerprint density at radius 2 is 1.58 bits per heavy atom. The van der Waals surface area contributed by atoms with Gasteiger partial charge in [0.25, 0.3) is 0 Å². The highest BCUT2D eigenvalue weighted by molar-refractivity contribution is 6.00. The van der Waals surface area contributed by atoms with E-state index in [0.717, 1.165) is 11.3 Å². The second-order valence-corrected chi connectivity index (χ2v) is 5.47. The lowest BCUT2D eigenvalue weighted by molar-refractivity contribution is -0.161. The second kappa shape index (κ2) is 9.70. The fourth-order valence-electron chi connectivity index (χ4n) is 2.39. The molecule has 0 aliphatic carbocycles. The SMILES string of the molecule is COC(=O)C(N=C(C)c1cccc(Oc2ccccc2)c1)C(OC)OC. The lowest BCUT2D eigenvalue weighted by atomic mass is 10.1. The van der Waals surface area contributed by atoms with Crippen molar-refractivity contribution in [3.8, 4) is 11.5 Å². The van der Waals surface area contributed by atoms with Crippen LogP contribution in [0.3, 0.4) is 0 Å². The third-order valence-electron chi connectivity index (χ3n) is 3.73. The highest BCUT2D eigenvalue weighted by Gasteiger charge is 2.29. The van der Waals surface area contributed by atoms with Crippen LogP contribution in [-0.2, 0) is 19.0 Å². The monoisotopic (exact) mass is 357 g/mol. The van der Waals surface area contributed by atoms with Crippen LogP contribution >= 0.6 is 0 Å². The molecule has 0 saturated heterocycles. The maximum Gasteiger partial charge on any atom is 0.335 e. The fourth-order valence-corrected chi connectivity index (χ4v) is 2.39. The van der Waals surface area contributed by atoms with Crippen LogP contribution in [0.1, 0.15) is 12.5 Å². The van der Waals surface area contributed by atoms with Crippen molar-refractivity contribution in [3.63, 3.8) is 0 Å². The van der Waals surface area contributed by atoms with E-state index in [1.807, 2.05) is 54.6 Å². The molecular weight excluding hydrogens is 334 g/mol. The summed E-state index contributed by atoms with van der Waals surface area (Å²) in [6, 6.07) is 16.0. The number of ether oxygens (including phenoxy) is 4. The largest absolute Gasteiger partial charge is 0.467 e. The minimum absolute atomic E-state index is 0.533. The Bertz CT molecular complexity index is 741. The lowest BCUT2D eigenvalue weighted by Gasteiger charge is -2.20. The molecule has 26 heavy (non-hydrogen) atoms. The Labute approximate surface area is 153 Å². The summed E-state index contributed by atoms with van der Waals surface area (Å²) in [5, 5.41) is 0. The molecule has 0 spiro atoms. The number of methoxy groups -OCH3 is 3. The summed E-state index contributed by atoms with van der Waals surface area (Å²) in [6.07, 6.45) is -0.832. The quantitative estimate of drug-likeness (QED) is 0.411. The van der Waals surface area contributed by atoms with Crippen LogP contribution in [0, 0.1) is 0 Å². The Hall–Kier alpha value is -2.70. The maximum absolute atomic E-state index is 12.0. The van der Waals surface area contributed by atoms with Gasteiger partial charge in [0.15, 0.2) is 12.3 Å². The summed E-state index contributed by atoms with van der Waals surface area (Å²) in [5.41, 5.74) is 1.45. The first-order valence-corrected chi connectivity index (χ1v) is 8.10. The van der Waals surface area contributed by atoms with Gasteiger partial charge in [0.2, 0.25) is 0 Å². The fraction of sp³-hybridized carbons (Fsp3) is 0.300. The summed E-state index contributed by atoms with van der Waals surface area (Å²) in [6.45, 7) is 1.81. The predicted octanol–water partition coefficient (Wildman–Crippen LogP) is 3.45. The van der Waals surface area contributed by atoms with Crippen molar-refractivity contribution in [2.45, 2.75) is 19.3 Å². The van der Waals surface area contributed by atoms with Crippen molar-refractivity contribution < 1.29 is 23.7 Å². The molecule has 0 aliphatic rings. The number of nitrogens with zero attached hydrogens (tertiary/aromatic N) is 1. The van der Waals surface area contributed by atoms with Crippen LogP contribution in [0.5, 0.6) is 11.5 Å². The van der Waals surface area contributed by atoms with Crippen molar-refractivity contribution in [1.82, 2.24) is 0 Å². The zero-order valence-electron chi connectivity index (χ0n) is 15.3. The number of hydrogen-bond acceptors (Lipinski definition) is 6. The number of aliphatic imine (C=N–C) groups is 1. The molecule has 0 radical (unpaired) electrons. The second-order valence-electron chi connectivity index (χ2n) is 5.47. The standard InChI is InChI=1S/C20H23NO5/c1-14(21-18(19(22)23-2)20(24-3)25-4)15-9-8-12-17(13-15)26-16-10-6-5-7-11-16/h5-13,18,20H,1-4H3. The smallest absolute Gasteiger partial charge is 0.335 e. The van der Waals surface area contributed by atoms with Gasteiger partial charge >= 0.3 is 5.97 Å². The molecule has 1 unspecified atom stereocenters. The number of esters is 1. The summed E-state index contributed by atoms with van der Waals surface area (Å²) >= 11 is 0. The average molecular weight is 357 g/mol. The summed E-state index contributed by atoms with van der Waals surface area (Å²) < 4.78 is 21.0. The first kappa shape index (κ1) is 19.6. The van der Waals surface area contributed by atoms with Crippen molar-refractivity contribution >= 4 is 11.7 Å². The first-order valence-electron chi connectivity index (χ1n) is 8.10. The molecule has 0 aliphatic heterocycles. The van der Waals surface area contributed by atoms with Gasteiger partial charge in [-0.1, -0.05) is 30.3 Å². The molecule has 0 saturated carbocycles. The maximum atomic E-state index is 12.0. The topological polar surface area (TPSA) is 66.4 Å². The Kier molecular flexibility index (Phi) is 7.32. The van der Waals surface area contributed by atoms with Crippen LogP contribution < -0.4 is 4.74 Å². The van der Waals surface area contributed by atoms with E-state index in [0.29, 0.717) is 11.5 Å². The van der Waals surface area contributed by atoms with Gasteiger partial charge in [-0.15, -0.1) is 0 Å². The van der Waals surface area contributed by atoms with Gasteiger partial charge in [0.05, 0.1) is 7.11 Å². The summed E-state index contributed by atoms with van der Waals surface area (Å²) in [7, 11) is 4.20.